The van der Waals surface area contributed by atoms with Crippen LogP contribution in [0.15, 0.2) is 17.5 Å². The van der Waals surface area contributed by atoms with E-state index in [1.807, 2.05) is 24.4 Å². The van der Waals surface area contributed by atoms with Gasteiger partial charge in [0.25, 0.3) is 0 Å². The van der Waals surface area contributed by atoms with Crippen molar-refractivity contribution in [2.24, 2.45) is 0 Å². The van der Waals surface area contributed by atoms with Crippen molar-refractivity contribution in [3.05, 3.63) is 22.4 Å². The lowest BCUT2D eigenvalue weighted by Gasteiger charge is -2.33. The van der Waals surface area contributed by atoms with Crippen molar-refractivity contribution in [1.82, 2.24) is 10.2 Å². The summed E-state index contributed by atoms with van der Waals surface area (Å²) in [4.78, 5) is 3.37. The molecule has 84 valence electrons. The Hall–Kier alpha value is -0.420. The average molecular weight is 226 g/mol. The van der Waals surface area contributed by atoms with Crippen LogP contribution >= 0.6 is 11.3 Å². The van der Waals surface area contributed by atoms with Crippen molar-refractivity contribution in [2.45, 2.75) is 12.5 Å². The van der Waals surface area contributed by atoms with Crippen molar-refractivity contribution in [3.63, 3.8) is 0 Å². The fourth-order valence-electron chi connectivity index (χ4n) is 1.97. The molecule has 1 aromatic rings. The molecule has 0 bridgehead atoms. The number of aliphatic hydroxyl groups is 1. The predicted octanol–water partition coefficient (Wildman–Crippen LogP) is 0.861. The van der Waals surface area contributed by atoms with Crippen LogP contribution in [0.3, 0.4) is 0 Å². The molecule has 1 atom stereocenters. The van der Waals surface area contributed by atoms with Crippen LogP contribution in [0.1, 0.15) is 11.8 Å². The van der Waals surface area contributed by atoms with Gasteiger partial charge in [0.05, 0.1) is 0 Å². The van der Waals surface area contributed by atoms with Crippen LogP contribution in [0, 0.1) is 0 Å². The predicted molar refractivity (Wildman–Crippen MR) is 63.2 cm³/mol. The van der Waals surface area contributed by atoms with E-state index in [1.54, 1.807) is 11.3 Å². The van der Waals surface area contributed by atoms with Crippen molar-refractivity contribution < 1.29 is 5.11 Å². The molecule has 0 aromatic carbocycles. The van der Waals surface area contributed by atoms with Crippen molar-refractivity contribution >= 4 is 11.3 Å². The molecule has 1 fully saturated rings. The van der Waals surface area contributed by atoms with E-state index in [1.165, 1.54) is 0 Å². The minimum atomic E-state index is -0.703. The molecule has 15 heavy (non-hydrogen) atoms. The van der Waals surface area contributed by atoms with Crippen LogP contribution in [0.5, 0.6) is 0 Å². The summed E-state index contributed by atoms with van der Waals surface area (Å²) in [6.45, 7) is 6.75. The number of piperazine rings is 1. The molecular weight excluding hydrogens is 208 g/mol. The number of nitrogens with one attached hydrogen (secondary N) is 1. The summed E-state index contributed by atoms with van der Waals surface area (Å²) in [6, 6.07) is 4.00. The zero-order valence-electron chi connectivity index (χ0n) is 9.07. The lowest BCUT2D eigenvalue weighted by atomic mass is 10.0. The van der Waals surface area contributed by atoms with Gasteiger partial charge in [-0.25, -0.2) is 0 Å². The Morgan fingerprint density at radius 1 is 1.53 bits per heavy atom. The van der Waals surface area contributed by atoms with E-state index in [0.29, 0.717) is 0 Å². The van der Waals surface area contributed by atoms with E-state index in [0.717, 1.165) is 37.6 Å². The normalized spacial score (nSPS) is 22.5. The monoisotopic (exact) mass is 226 g/mol. The molecule has 2 N–H and O–H groups in total. The summed E-state index contributed by atoms with van der Waals surface area (Å²) in [6.07, 6.45) is 0. The number of nitrogens with zero attached hydrogens (tertiary/aromatic N) is 1. The summed E-state index contributed by atoms with van der Waals surface area (Å²) >= 11 is 1.63. The van der Waals surface area contributed by atoms with Gasteiger partial charge in [-0.15, -0.1) is 11.3 Å². The van der Waals surface area contributed by atoms with Gasteiger partial charge >= 0.3 is 0 Å². The van der Waals surface area contributed by atoms with Gasteiger partial charge in [-0.05, 0) is 18.4 Å². The maximum Gasteiger partial charge on any atom is 0.109 e. The third kappa shape index (κ3) is 2.78. The SMILES string of the molecule is CC(O)(CN1CCNCC1)c1cccs1. The first-order valence-electron chi connectivity index (χ1n) is 5.38. The van der Waals surface area contributed by atoms with Crippen LogP contribution in [-0.2, 0) is 5.60 Å². The average Bonchev–Trinajstić information content (AvgIpc) is 2.71. The highest BCUT2D eigenvalue weighted by Gasteiger charge is 2.27. The van der Waals surface area contributed by atoms with E-state index in [-0.39, 0.29) is 0 Å². The molecule has 1 unspecified atom stereocenters. The first kappa shape index (κ1) is 11.1. The van der Waals surface area contributed by atoms with Gasteiger partial charge < -0.3 is 10.4 Å². The highest BCUT2D eigenvalue weighted by Crippen LogP contribution is 2.26. The second-order valence-corrected chi connectivity index (χ2v) is 5.22. The molecule has 4 heteroatoms. The van der Waals surface area contributed by atoms with Crippen LogP contribution in [-0.4, -0.2) is 42.7 Å². The minimum absolute atomic E-state index is 0.703. The fourth-order valence-corrected chi connectivity index (χ4v) is 2.75. The largest absolute Gasteiger partial charge is 0.383 e. The second-order valence-electron chi connectivity index (χ2n) is 4.28. The molecule has 0 spiro atoms. The molecule has 1 aliphatic heterocycles. The summed E-state index contributed by atoms with van der Waals surface area (Å²) < 4.78 is 0. The molecule has 1 saturated heterocycles. The van der Waals surface area contributed by atoms with Crippen LogP contribution < -0.4 is 5.32 Å². The van der Waals surface area contributed by atoms with Gasteiger partial charge in [0.15, 0.2) is 0 Å². The fraction of sp³-hybridized carbons (Fsp3) is 0.636. The molecule has 3 nitrogen and oxygen atoms in total. The minimum Gasteiger partial charge on any atom is -0.383 e. The molecule has 0 saturated carbocycles. The molecule has 1 aliphatic rings. The topological polar surface area (TPSA) is 35.5 Å². The maximum atomic E-state index is 10.4. The number of rotatable bonds is 3. The van der Waals surface area contributed by atoms with E-state index in [2.05, 4.69) is 10.2 Å². The Morgan fingerprint density at radius 2 is 2.27 bits per heavy atom. The van der Waals surface area contributed by atoms with Gasteiger partial charge in [0.2, 0.25) is 0 Å². The third-order valence-corrected chi connectivity index (χ3v) is 3.92. The van der Waals surface area contributed by atoms with E-state index >= 15 is 0 Å². The van der Waals surface area contributed by atoms with Gasteiger partial charge in [-0.2, -0.15) is 0 Å². The van der Waals surface area contributed by atoms with Crippen LogP contribution in [0.25, 0.3) is 0 Å². The zero-order chi connectivity index (χ0) is 10.7. The number of hydrogen-bond acceptors (Lipinski definition) is 4. The van der Waals surface area contributed by atoms with Gasteiger partial charge in [0.1, 0.15) is 5.60 Å². The van der Waals surface area contributed by atoms with Crippen LogP contribution in [0.2, 0.25) is 0 Å². The Labute approximate surface area is 94.7 Å². The molecule has 0 amide bonds. The molecule has 2 rings (SSSR count). The van der Waals surface area contributed by atoms with Gasteiger partial charge in [-0.1, -0.05) is 6.07 Å². The summed E-state index contributed by atoms with van der Waals surface area (Å²) in [5.74, 6) is 0. The lowest BCUT2D eigenvalue weighted by Crippen LogP contribution is -2.48. The summed E-state index contributed by atoms with van der Waals surface area (Å²) in [5.41, 5.74) is -0.703. The summed E-state index contributed by atoms with van der Waals surface area (Å²) in [5, 5.41) is 15.7. The van der Waals surface area contributed by atoms with E-state index in [9.17, 15) is 5.11 Å². The van der Waals surface area contributed by atoms with Crippen LogP contribution in [0.4, 0.5) is 0 Å². The molecule has 0 radical (unpaired) electrons. The van der Waals surface area contributed by atoms with E-state index < -0.39 is 5.60 Å². The number of thiophene rings is 1. The molecule has 0 aliphatic carbocycles. The molecule has 1 aromatic heterocycles. The molecular formula is C11H18N2OS. The molecule has 2 heterocycles. The first-order valence-corrected chi connectivity index (χ1v) is 6.26. The maximum absolute atomic E-state index is 10.4. The Kier molecular flexibility index (Phi) is 3.41. The Balaban J connectivity index is 1.97. The third-order valence-electron chi connectivity index (χ3n) is 2.79. The number of β-amino-alcohol motifs (C(OH)–C–C–N with tert-alkyl or cyclic N) is 1. The van der Waals surface area contributed by atoms with Gasteiger partial charge in [-0.3, -0.25) is 4.90 Å². The van der Waals surface area contributed by atoms with Crippen molar-refractivity contribution in [3.8, 4) is 0 Å². The lowest BCUT2D eigenvalue weighted by molar-refractivity contribution is 0.0156. The number of hydrogen-bond donors (Lipinski definition) is 2. The Bertz CT molecular complexity index is 292. The first-order chi connectivity index (χ1) is 7.18. The highest BCUT2D eigenvalue weighted by molar-refractivity contribution is 7.10. The van der Waals surface area contributed by atoms with Gasteiger partial charge in [0, 0.05) is 37.6 Å². The Morgan fingerprint density at radius 3 is 2.87 bits per heavy atom. The zero-order valence-corrected chi connectivity index (χ0v) is 9.89. The highest BCUT2D eigenvalue weighted by atomic mass is 32.1. The van der Waals surface area contributed by atoms with Crippen molar-refractivity contribution in [2.75, 3.05) is 32.7 Å². The van der Waals surface area contributed by atoms with E-state index in [4.69, 9.17) is 0 Å². The van der Waals surface area contributed by atoms with Crippen molar-refractivity contribution in [1.29, 1.82) is 0 Å². The smallest absolute Gasteiger partial charge is 0.109 e. The standard InChI is InChI=1S/C11H18N2OS/c1-11(14,10-3-2-8-15-10)9-13-6-4-12-5-7-13/h2-3,8,12,14H,4-7,9H2,1H3. The summed E-state index contributed by atoms with van der Waals surface area (Å²) in [7, 11) is 0. The quantitative estimate of drug-likeness (QED) is 0.802. The second kappa shape index (κ2) is 4.61.